The van der Waals surface area contributed by atoms with Crippen LogP contribution in [0.5, 0.6) is 0 Å². The van der Waals surface area contributed by atoms with E-state index in [2.05, 4.69) is 13.8 Å². The third-order valence-electron chi connectivity index (χ3n) is 4.96. The number of rotatable bonds is 21. The fraction of sp³-hybridized carbons (Fsp3) is 0.957. The van der Waals surface area contributed by atoms with Crippen LogP contribution in [-0.4, -0.2) is 15.0 Å². The Morgan fingerprint density at radius 3 is 1.27 bits per heavy atom. The predicted octanol–water partition coefficient (Wildman–Crippen LogP) is 5.27. The number of carbonyl (C=O) groups is 1. The average Bonchev–Trinajstić information content (AvgIpc) is 2.64. The average molecular weight is 482 g/mol. The van der Waals surface area contributed by atoms with Crippen molar-refractivity contribution in [2.75, 3.05) is 11.0 Å². The van der Waals surface area contributed by atoms with Crippen LogP contribution in [0.4, 0.5) is 4.79 Å². The van der Waals surface area contributed by atoms with Gasteiger partial charge in [0.15, 0.2) is 0 Å². The molecule has 0 aliphatic heterocycles. The number of hydrogen-bond donors (Lipinski definition) is 0. The van der Waals surface area contributed by atoms with Crippen molar-refractivity contribution >= 4 is 3.98 Å². The molecule has 0 saturated carbocycles. The molecule has 0 aromatic heterocycles. The van der Waals surface area contributed by atoms with Gasteiger partial charge in [0.05, 0.1) is 0 Å². The molecule has 0 amide bonds. The second-order valence-corrected chi connectivity index (χ2v) is 10.7. The molecule has 0 saturated heterocycles. The van der Waals surface area contributed by atoms with Gasteiger partial charge in [0.2, 0.25) is 0 Å². The van der Waals surface area contributed by atoms with Gasteiger partial charge in [-0.05, 0) is 0 Å². The molecule has 0 rings (SSSR count). The van der Waals surface area contributed by atoms with Gasteiger partial charge in [-0.1, -0.05) is 64.7 Å². The summed E-state index contributed by atoms with van der Waals surface area (Å²) in [6.07, 6.45) is 25.0. The first kappa shape index (κ1) is 26.2. The van der Waals surface area contributed by atoms with Gasteiger partial charge in [-0.25, -0.2) is 0 Å². The van der Waals surface area contributed by atoms with E-state index in [0.717, 1.165) is 10.8 Å². The summed E-state index contributed by atoms with van der Waals surface area (Å²) in [5, 5.41) is 0. The molecule has 26 heavy (non-hydrogen) atoms. The van der Waals surface area contributed by atoms with Gasteiger partial charge in [0.25, 0.3) is 0 Å². The summed E-state index contributed by atoms with van der Waals surface area (Å²) in [5.41, 5.74) is 0. The summed E-state index contributed by atoms with van der Waals surface area (Å²) in [7, 11) is 0. The summed E-state index contributed by atoms with van der Waals surface area (Å²) in [5.74, 6) is 0. The van der Waals surface area contributed by atoms with E-state index in [1.807, 2.05) is 0 Å². The summed E-state index contributed by atoms with van der Waals surface area (Å²) in [6.45, 7) is 5.00. The van der Waals surface area contributed by atoms with Crippen molar-refractivity contribution in [3.63, 3.8) is 0 Å². The van der Waals surface area contributed by atoms with Crippen molar-refractivity contribution in [3.05, 3.63) is 0 Å². The molecule has 0 radical (unpaired) electrons. The molecule has 0 atom stereocenters. The molecule has 0 aliphatic carbocycles. The van der Waals surface area contributed by atoms with Crippen LogP contribution in [-0.2, 0) is 4.74 Å². The topological polar surface area (TPSA) is 26.3 Å². The number of halogens is 1. The van der Waals surface area contributed by atoms with E-state index in [1.165, 1.54) is 109 Å². The first-order chi connectivity index (χ1) is 12.8. The van der Waals surface area contributed by atoms with Crippen LogP contribution in [0.15, 0.2) is 0 Å². The molecule has 0 spiro atoms. The maximum atomic E-state index is 11.3. The van der Waals surface area contributed by atoms with Gasteiger partial charge in [-0.2, -0.15) is 0 Å². The molecule has 0 aromatic rings. The van der Waals surface area contributed by atoms with E-state index < -0.39 is 0 Å². The Morgan fingerprint density at radius 2 is 0.923 bits per heavy atom. The van der Waals surface area contributed by atoms with Gasteiger partial charge in [0.1, 0.15) is 0 Å². The number of ether oxygens (including phenoxy) is 1. The van der Waals surface area contributed by atoms with Crippen LogP contribution in [0.1, 0.15) is 129 Å². The van der Waals surface area contributed by atoms with E-state index in [9.17, 15) is 4.79 Å². The Hall–Kier alpha value is 0.200. The van der Waals surface area contributed by atoms with Crippen LogP contribution in [0.3, 0.4) is 0 Å². The van der Waals surface area contributed by atoms with Crippen LogP contribution in [0.25, 0.3) is 0 Å². The molecule has 0 fully saturated rings. The molecule has 3 heteroatoms. The fourth-order valence-electron chi connectivity index (χ4n) is 3.30. The number of alkyl halides is 1. The zero-order valence-electron chi connectivity index (χ0n) is 17.8. The van der Waals surface area contributed by atoms with Crippen molar-refractivity contribution in [2.45, 2.75) is 129 Å². The molecule has 2 nitrogen and oxygen atoms in total. The van der Waals surface area contributed by atoms with Crippen molar-refractivity contribution in [3.8, 4) is 0 Å². The first-order valence-electron chi connectivity index (χ1n) is 11.6. The molecule has 0 bridgehead atoms. The van der Waals surface area contributed by atoms with Gasteiger partial charge in [-0.3, -0.25) is 0 Å². The minimum atomic E-state index is -0.344. The van der Waals surface area contributed by atoms with Crippen LogP contribution < -0.4 is 21.2 Å². The third-order valence-corrected chi connectivity index (χ3v) is 6.65. The van der Waals surface area contributed by atoms with Crippen LogP contribution >= 0.6 is 0 Å². The molecule has 0 heterocycles. The SMILES string of the molecule is CCCCCCCCCCCCCCCCCCCCOC(=O)[I-]CC. The summed E-state index contributed by atoms with van der Waals surface area (Å²) >= 11 is -0.344. The molecule has 158 valence electrons. The van der Waals surface area contributed by atoms with Crippen molar-refractivity contribution < 1.29 is 30.7 Å². The third kappa shape index (κ3) is 22.2. The standard InChI is InChI=1S/C23H46IO2/c1-3-5-6-7-8-9-10-11-12-13-14-15-16-17-18-19-20-21-22-26-23(25)24-4-2/h3-22H2,1-2H3/q-1. The summed E-state index contributed by atoms with van der Waals surface area (Å²) in [4.78, 5) is 11.3. The summed E-state index contributed by atoms with van der Waals surface area (Å²) in [6, 6.07) is 0. The molecule has 0 N–H and O–H groups in total. The molecule has 0 aromatic carbocycles. The van der Waals surface area contributed by atoms with Crippen LogP contribution in [0, 0.1) is 0 Å². The number of hydrogen-bond acceptors (Lipinski definition) is 2. The Bertz CT molecular complexity index is 281. The quantitative estimate of drug-likeness (QED) is 0.0966. The van der Waals surface area contributed by atoms with Crippen molar-refractivity contribution in [2.24, 2.45) is 0 Å². The normalized spacial score (nSPS) is 11.2. The van der Waals surface area contributed by atoms with E-state index in [0.29, 0.717) is 6.61 Å². The van der Waals surface area contributed by atoms with Crippen molar-refractivity contribution in [1.82, 2.24) is 0 Å². The minimum absolute atomic E-state index is 0.0817. The zero-order valence-corrected chi connectivity index (χ0v) is 20.0. The van der Waals surface area contributed by atoms with E-state index in [1.54, 1.807) is 0 Å². The second-order valence-electron chi connectivity index (χ2n) is 7.50. The fourth-order valence-corrected chi connectivity index (χ4v) is 4.37. The Labute approximate surface area is 174 Å². The molecule has 0 aliphatic rings. The van der Waals surface area contributed by atoms with Gasteiger partial charge in [-0.15, -0.1) is 0 Å². The maximum absolute atomic E-state index is 11.3. The Balaban J connectivity index is 3.02. The Kier molecular flexibility index (Phi) is 23.4. The van der Waals surface area contributed by atoms with Gasteiger partial charge >= 0.3 is 110 Å². The molecule has 0 unspecified atom stereocenters. The molecular weight excluding hydrogens is 435 g/mol. The van der Waals surface area contributed by atoms with E-state index >= 15 is 0 Å². The number of unbranched alkanes of at least 4 members (excludes halogenated alkanes) is 17. The van der Waals surface area contributed by atoms with Gasteiger partial charge < -0.3 is 0 Å². The predicted molar refractivity (Wildman–Crippen MR) is 111 cm³/mol. The number of carbonyl (C=O) groups excluding carboxylic acids is 1. The zero-order chi connectivity index (χ0) is 19.1. The van der Waals surface area contributed by atoms with Crippen molar-refractivity contribution in [1.29, 1.82) is 0 Å². The Morgan fingerprint density at radius 1 is 0.577 bits per heavy atom. The monoisotopic (exact) mass is 481 g/mol. The second kappa shape index (κ2) is 23.2. The van der Waals surface area contributed by atoms with Gasteiger partial charge in [0, 0.05) is 0 Å². The molecular formula is C23H46IO2-. The van der Waals surface area contributed by atoms with E-state index in [-0.39, 0.29) is 25.2 Å². The summed E-state index contributed by atoms with van der Waals surface area (Å²) < 4.78 is 6.30. The first-order valence-corrected chi connectivity index (χ1v) is 14.2. The van der Waals surface area contributed by atoms with E-state index in [4.69, 9.17) is 4.74 Å². The van der Waals surface area contributed by atoms with Crippen LogP contribution in [0.2, 0.25) is 0 Å².